The van der Waals surface area contributed by atoms with E-state index >= 15 is 0 Å². The second-order valence-corrected chi connectivity index (χ2v) is 6.07. The van der Waals surface area contributed by atoms with Crippen molar-refractivity contribution in [3.8, 4) is 11.5 Å². The van der Waals surface area contributed by atoms with Crippen LogP contribution in [0.5, 0.6) is 11.5 Å². The van der Waals surface area contributed by atoms with E-state index in [9.17, 15) is 9.59 Å². The van der Waals surface area contributed by atoms with Crippen molar-refractivity contribution in [2.45, 2.75) is 11.3 Å². The molecule has 132 valence electrons. The van der Waals surface area contributed by atoms with Gasteiger partial charge in [-0.15, -0.1) is 5.10 Å². The van der Waals surface area contributed by atoms with Crippen molar-refractivity contribution in [2.75, 3.05) is 18.9 Å². The molecule has 10 nitrogen and oxygen atoms in total. The highest BCUT2D eigenvalue weighted by molar-refractivity contribution is 7.99. The summed E-state index contributed by atoms with van der Waals surface area (Å²) >= 11 is 1.13. The van der Waals surface area contributed by atoms with Crippen LogP contribution >= 0.6 is 11.8 Å². The van der Waals surface area contributed by atoms with Crippen molar-refractivity contribution in [3.05, 3.63) is 24.3 Å². The van der Waals surface area contributed by atoms with Gasteiger partial charge in [0, 0.05) is 7.05 Å². The molecular formula is C14H16N6O4S. The van der Waals surface area contributed by atoms with Gasteiger partial charge in [-0.2, -0.15) is 0 Å². The maximum absolute atomic E-state index is 11.8. The first-order valence-corrected chi connectivity index (χ1v) is 8.41. The lowest BCUT2D eigenvalue weighted by atomic mass is 10.2. The topological polar surface area (TPSA) is 120 Å². The molecule has 1 aromatic carbocycles. The van der Waals surface area contributed by atoms with Crippen LogP contribution in [0.25, 0.3) is 0 Å². The maximum Gasteiger partial charge on any atom is 0.321 e. The number of para-hydroxylation sites is 2. The van der Waals surface area contributed by atoms with Gasteiger partial charge in [0.25, 0.3) is 0 Å². The number of fused-ring (bicyclic) bond motifs is 1. The quantitative estimate of drug-likeness (QED) is 0.710. The highest BCUT2D eigenvalue weighted by Crippen LogP contribution is 2.30. The van der Waals surface area contributed by atoms with Gasteiger partial charge < -0.3 is 14.8 Å². The molecule has 3 amide bonds. The molecule has 2 heterocycles. The van der Waals surface area contributed by atoms with Gasteiger partial charge in [0.15, 0.2) is 17.6 Å². The molecule has 1 aromatic heterocycles. The molecule has 25 heavy (non-hydrogen) atoms. The number of tetrazole rings is 1. The van der Waals surface area contributed by atoms with E-state index in [1.807, 2.05) is 18.2 Å². The Labute approximate surface area is 147 Å². The third-order valence-corrected chi connectivity index (χ3v) is 4.23. The molecule has 0 saturated carbocycles. The van der Waals surface area contributed by atoms with Crippen molar-refractivity contribution in [1.82, 2.24) is 30.8 Å². The minimum atomic E-state index is -0.593. The standard InChI is InChI=1S/C14H16N6O4S/c1-20-14(17-18-19-20)25-8-12(21)16-13(22)15-6-9-7-23-10-4-2-3-5-11(10)24-9/h2-5,9H,6-8H2,1H3,(H2,15,16,21,22)/t9-/m1/s1. The first-order valence-electron chi connectivity index (χ1n) is 7.43. The molecule has 1 aliphatic heterocycles. The zero-order valence-electron chi connectivity index (χ0n) is 13.3. The van der Waals surface area contributed by atoms with Crippen LogP contribution in [0.2, 0.25) is 0 Å². The summed E-state index contributed by atoms with van der Waals surface area (Å²) in [5.41, 5.74) is 0. The number of carbonyl (C=O) groups excluding carboxylic acids is 2. The predicted molar refractivity (Wildman–Crippen MR) is 87.4 cm³/mol. The average molecular weight is 364 g/mol. The van der Waals surface area contributed by atoms with Crippen LogP contribution in [0.15, 0.2) is 29.4 Å². The van der Waals surface area contributed by atoms with Gasteiger partial charge in [0.2, 0.25) is 11.1 Å². The van der Waals surface area contributed by atoms with Crippen molar-refractivity contribution in [1.29, 1.82) is 0 Å². The first kappa shape index (κ1) is 17.0. The lowest BCUT2D eigenvalue weighted by Crippen LogP contribution is -2.46. The van der Waals surface area contributed by atoms with Gasteiger partial charge in [0.1, 0.15) is 6.61 Å². The summed E-state index contributed by atoms with van der Waals surface area (Å²) in [5, 5.41) is 16.2. The van der Waals surface area contributed by atoms with Crippen molar-refractivity contribution in [3.63, 3.8) is 0 Å². The fourth-order valence-corrected chi connectivity index (χ4v) is 2.70. The monoisotopic (exact) mass is 364 g/mol. The van der Waals surface area contributed by atoms with Gasteiger partial charge in [-0.25, -0.2) is 9.48 Å². The number of benzene rings is 1. The number of urea groups is 1. The zero-order valence-corrected chi connectivity index (χ0v) is 14.2. The molecule has 0 aliphatic carbocycles. The summed E-state index contributed by atoms with van der Waals surface area (Å²) in [4.78, 5) is 23.5. The van der Waals surface area contributed by atoms with Crippen LogP contribution in [-0.4, -0.2) is 57.2 Å². The number of hydrogen-bond acceptors (Lipinski definition) is 8. The molecule has 11 heteroatoms. The summed E-state index contributed by atoms with van der Waals surface area (Å²) in [6, 6.07) is 6.71. The largest absolute Gasteiger partial charge is 0.486 e. The fraction of sp³-hybridized carbons (Fsp3) is 0.357. The molecule has 0 saturated heterocycles. The summed E-state index contributed by atoms with van der Waals surface area (Å²) in [7, 11) is 1.66. The minimum absolute atomic E-state index is 0.0258. The Bertz CT molecular complexity index is 767. The Balaban J connectivity index is 1.38. The molecule has 1 atom stereocenters. The Kier molecular flexibility index (Phi) is 5.33. The van der Waals surface area contributed by atoms with E-state index in [1.54, 1.807) is 13.1 Å². The van der Waals surface area contributed by atoms with Gasteiger partial charge in [-0.3, -0.25) is 10.1 Å². The Morgan fingerprint density at radius 3 is 2.92 bits per heavy atom. The van der Waals surface area contributed by atoms with E-state index in [1.165, 1.54) is 4.68 Å². The van der Waals surface area contributed by atoms with Crippen LogP contribution in [-0.2, 0) is 11.8 Å². The van der Waals surface area contributed by atoms with Crippen molar-refractivity contribution >= 4 is 23.7 Å². The van der Waals surface area contributed by atoms with Crippen LogP contribution in [0.3, 0.4) is 0 Å². The number of rotatable bonds is 5. The predicted octanol–water partition coefficient (Wildman–Crippen LogP) is -0.0320. The molecule has 0 fully saturated rings. The fourth-order valence-electron chi connectivity index (χ4n) is 2.05. The van der Waals surface area contributed by atoms with E-state index in [0.29, 0.717) is 23.3 Å². The average Bonchev–Trinajstić information content (AvgIpc) is 3.03. The SMILES string of the molecule is Cn1nnnc1SCC(=O)NC(=O)NC[C@@H]1COc2ccccc2O1. The first-order chi connectivity index (χ1) is 12.1. The number of carbonyl (C=O) groups is 2. The van der Waals surface area contributed by atoms with Gasteiger partial charge >= 0.3 is 6.03 Å². The summed E-state index contributed by atoms with van der Waals surface area (Å²) in [6.07, 6.45) is -0.324. The smallest absolute Gasteiger partial charge is 0.321 e. The van der Waals surface area contributed by atoms with Gasteiger partial charge in [-0.1, -0.05) is 23.9 Å². The lowest BCUT2D eigenvalue weighted by molar-refractivity contribution is -0.117. The molecule has 3 rings (SSSR count). The molecule has 0 spiro atoms. The van der Waals surface area contributed by atoms with E-state index in [2.05, 4.69) is 26.2 Å². The molecular weight excluding hydrogens is 348 g/mol. The third-order valence-electron chi connectivity index (χ3n) is 3.22. The number of hydrogen-bond donors (Lipinski definition) is 2. The van der Waals surface area contributed by atoms with Crippen LogP contribution in [0, 0.1) is 0 Å². The van der Waals surface area contributed by atoms with Crippen molar-refractivity contribution in [2.24, 2.45) is 7.05 Å². The highest BCUT2D eigenvalue weighted by Gasteiger charge is 2.21. The molecule has 2 aromatic rings. The number of imide groups is 1. The zero-order chi connectivity index (χ0) is 17.6. The lowest BCUT2D eigenvalue weighted by Gasteiger charge is -2.26. The second kappa shape index (κ2) is 7.83. The molecule has 0 radical (unpaired) electrons. The van der Waals surface area contributed by atoms with E-state index < -0.39 is 11.9 Å². The normalized spacial score (nSPS) is 15.5. The summed E-state index contributed by atoms with van der Waals surface area (Å²) in [6.45, 7) is 0.536. The number of thioether (sulfide) groups is 1. The number of aryl methyl sites for hydroxylation is 1. The number of nitrogens with zero attached hydrogens (tertiary/aromatic N) is 4. The molecule has 0 bridgehead atoms. The van der Waals surface area contributed by atoms with E-state index in [4.69, 9.17) is 9.47 Å². The highest BCUT2D eigenvalue weighted by atomic mass is 32.2. The third kappa shape index (κ3) is 4.59. The Morgan fingerprint density at radius 1 is 1.36 bits per heavy atom. The van der Waals surface area contributed by atoms with Gasteiger partial charge in [0.05, 0.1) is 12.3 Å². The van der Waals surface area contributed by atoms with Crippen LogP contribution in [0.4, 0.5) is 4.79 Å². The number of amides is 3. The van der Waals surface area contributed by atoms with Gasteiger partial charge in [-0.05, 0) is 22.6 Å². The number of ether oxygens (including phenoxy) is 2. The Morgan fingerprint density at radius 2 is 2.16 bits per heavy atom. The second-order valence-electron chi connectivity index (χ2n) is 5.13. The van der Waals surface area contributed by atoms with Crippen LogP contribution in [0.1, 0.15) is 0 Å². The molecule has 0 unspecified atom stereocenters. The minimum Gasteiger partial charge on any atom is -0.486 e. The summed E-state index contributed by atoms with van der Waals surface area (Å²) < 4.78 is 12.7. The number of nitrogens with one attached hydrogen (secondary N) is 2. The van der Waals surface area contributed by atoms with Crippen molar-refractivity contribution < 1.29 is 19.1 Å². The van der Waals surface area contributed by atoms with E-state index in [-0.39, 0.29) is 18.4 Å². The summed E-state index contributed by atoms with van der Waals surface area (Å²) in [5.74, 6) is 0.883. The number of aromatic nitrogens is 4. The molecule has 1 aliphatic rings. The molecule has 2 N–H and O–H groups in total. The maximum atomic E-state index is 11.8. The Hall–Kier alpha value is -2.82. The van der Waals surface area contributed by atoms with Crippen LogP contribution < -0.4 is 20.1 Å². The van der Waals surface area contributed by atoms with E-state index in [0.717, 1.165) is 11.8 Å².